The zero-order valence-electron chi connectivity index (χ0n) is 15.0. The lowest BCUT2D eigenvalue weighted by Crippen LogP contribution is -2.26. The fourth-order valence-electron chi connectivity index (χ4n) is 2.45. The molecule has 8 heteroatoms. The van der Waals surface area contributed by atoms with Gasteiger partial charge in [0.1, 0.15) is 11.4 Å². The molecule has 0 aliphatic heterocycles. The third-order valence-electron chi connectivity index (χ3n) is 3.77. The van der Waals surface area contributed by atoms with E-state index in [1.54, 1.807) is 42.5 Å². The van der Waals surface area contributed by atoms with Gasteiger partial charge < -0.3 is 10.1 Å². The van der Waals surface area contributed by atoms with Crippen molar-refractivity contribution in [2.45, 2.75) is 19.9 Å². The minimum atomic E-state index is -0.479. The number of rotatable bonds is 6. The number of amides is 1. The Morgan fingerprint density at radius 1 is 1.07 bits per heavy atom. The molecule has 0 aliphatic carbocycles. The van der Waals surface area contributed by atoms with Crippen LogP contribution in [0, 0.1) is 0 Å². The number of carbonyl (C=O) groups excluding carboxylic acids is 1. The van der Waals surface area contributed by atoms with Crippen LogP contribution in [0.15, 0.2) is 59.4 Å². The third-order valence-corrected chi connectivity index (χ3v) is 4.25. The number of nitrogens with zero attached hydrogens (tertiary/aromatic N) is 2. The molecule has 28 heavy (non-hydrogen) atoms. The SMILES string of the molecule is CCCn1nc(C(=O)Nc2cc(Cl)ccc2Oc2ccc(Cl)cc2)ccc1=O. The van der Waals surface area contributed by atoms with Crippen molar-refractivity contribution in [1.82, 2.24) is 9.78 Å². The molecule has 0 fully saturated rings. The minimum absolute atomic E-state index is 0.116. The Morgan fingerprint density at radius 3 is 2.50 bits per heavy atom. The van der Waals surface area contributed by atoms with E-state index in [0.717, 1.165) is 6.42 Å². The van der Waals surface area contributed by atoms with Gasteiger partial charge in [0.25, 0.3) is 11.5 Å². The number of nitrogens with one attached hydrogen (secondary N) is 1. The van der Waals surface area contributed by atoms with Crippen LogP contribution >= 0.6 is 23.2 Å². The first-order chi connectivity index (χ1) is 13.5. The highest BCUT2D eigenvalue weighted by Crippen LogP contribution is 2.32. The van der Waals surface area contributed by atoms with Gasteiger partial charge in [-0.3, -0.25) is 9.59 Å². The molecule has 1 amide bonds. The fourth-order valence-corrected chi connectivity index (χ4v) is 2.74. The van der Waals surface area contributed by atoms with Crippen molar-refractivity contribution >= 4 is 34.8 Å². The van der Waals surface area contributed by atoms with Crippen molar-refractivity contribution in [3.05, 3.63) is 80.7 Å². The van der Waals surface area contributed by atoms with Gasteiger partial charge in [-0.1, -0.05) is 30.1 Å². The van der Waals surface area contributed by atoms with Crippen LogP contribution in [0.25, 0.3) is 0 Å². The highest BCUT2D eigenvalue weighted by atomic mass is 35.5. The maximum absolute atomic E-state index is 12.6. The van der Waals surface area contributed by atoms with Crippen LogP contribution in [0.3, 0.4) is 0 Å². The van der Waals surface area contributed by atoms with E-state index in [9.17, 15) is 9.59 Å². The number of aryl methyl sites for hydroxylation is 1. The molecule has 1 N–H and O–H groups in total. The molecular formula is C20H17Cl2N3O3. The number of anilines is 1. The van der Waals surface area contributed by atoms with E-state index in [2.05, 4.69) is 10.4 Å². The minimum Gasteiger partial charge on any atom is -0.455 e. The average Bonchev–Trinajstić information content (AvgIpc) is 2.67. The normalized spacial score (nSPS) is 10.5. The maximum atomic E-state index is 12.6. The molecule has 0 saturated heterocycles. The van der Waals surface area contributed by atoms with Crippen molar-refractivity contribution in [2.75, 3.05) is 5.32 Å². The van der Waals surface area contributed by atoms with Gasteiger partial charge >= 0.3 is 0 Å². The zero-order chi connectivity index (χ0) is 20.1. The second kappa shape index (κ2) is 8.91. The van der Waals surface area contributed by atoms with E-state index in [0.29, 0.717) is 33.8 Å². The van der Waals surface area contributed by atoms with Crippen molar-refractivity contribution < 1.29 is 9.53 Å². The topological polar surface area (TPSA) is 73.2 Å². The predicted octanol–water partition coefficient (Wildman–Crippen LogP) is 5.00. The number of carbonyl (C=O) groups is 1. The van der Waals surface area contributed by atoms with Crippen LogP contribution in [0.5, 0.6) is 11.5 Å². The molecule has 0 spiro atoms. The van der Waals surface area contributed by atoms with Crippen molar-refractivity contribution in [2.24, 2.45) is 0 Å². The smallest absolute Gasteiger partial charge is 0.276 e. The lowest BCUT2D eigenvalue weighted by atomic mass is 10.2. The number of hydrogen-bond donors (Lipinski definition) is 1. The molecule has 3 aromatic rings. The molecule has 0 unspecified atom stereocenters. The first-order valence-corrected chi connectivity index (χ1v) is 9.34. The Bertz CT molecular complexity index is 1050. The maximum Gasteiger partial charge on any atom is 0.276 e. The van der Waals surface area contributed by atoms with Crippen LogP contribution in [-0.4, -0.2) is 15.7 Å². The lowest BCUT2D eigenvalue weighted by Gasteiger charge is -2.13. The van der Waals surface area contributed by atoms with Gasteiger partial charge in [-0.15, -0.1) is 0 Å². The van der Waals surface area contributed by atoms with Gasteiger partial charge in [-0.2, -0.15) is 5.10 Å². The lowest BCUT2D eigenvalue weighted by molar-refractivity contribution is 0.101. The molecule has 3 rings (SSSR count). The summed E-state index contributed by atoms with van der Waals surface area (Å²) in [7, 11) is 0. The van der Waals surface area contributed by atoms with E-state index in [1.807, 2.05) is 6.92 Å². The highest BCUT2D eigenvalue weighted by Gasteiger charge is 2.14. The molecule has 2 aromatic carbocycles. The van der Waals surface area contributed by atoms with Crippen LogP contribution < -0.4 is 15.6 Å². The molecule has 0 radical (unpaired) electrons. The molecule has 0 saturated carbocycles. The van der Waals surface area contributed by atoms with Crippen molar-refractivity contribution in [3.8, 4) is 11.5 Å². The standard InChI is InChI=1S/C20H17Cl2N3O3/c1-2-11-25-19(26)10-8-16(24-25)20(27)23-17-12-14(22)5-9-18(17)28-15-6-3-13(21)4-7-15/h3-10,12H,2,11H2,1H3,(H,23,27). The quantitative estimate of drug-likeness (QED) is 0.611. The molecule has 0 aliphatic rings. The van der Waals surface area contributed by atoms with E-state index in [4.69, 9.17) is 27.9 Å². The number of ether oxygens (including phenoxy) is 1. The average molecular weight is 418 g/mol. The van der Waals surface area contributed by atoms with Crippen LogP contribution in [0.2, 0.25) is 10.0 Å². The Morgan fingerprint density at radius 2 is 1.79 bits per heavy atom. The van der Waals surface area contributed by atoms with Gasteiger partial charge in [0.05, 0.1) is 5.69 Å². The summed E-state index contributed by atoms with van der Waals surface area (Å²) < 4.78 is 7.09. The molecule has 144 valence electrons. The van der Waals surface area contributed by atoms with Crippen LogP contribution in [-0.2, 0) is 6.54 Å². The summed E-state index contributed by atoms with van der Waals surface area (Å²) in [5.74, 6) is 0.479. The number of aromatic nitrogens is 2. The van der Waals surface area contributed by atoms with E-state index in [-0.39, 0.29) is 11.3 Å². The largest absolute Gasteiger partial charge is 0.455 e. The first-order valence-electron chi connectivity index (χ1n) is 8.59. The van der Waals surface area contributed by atoms with Crippen molar-refractivity contribution in [1.29, 1.82) is 0 Å². The molecule has 0 atom stereocenters. The van der Waals surface area contributed by atoms with Gasteiger partial charge in [0, 0.05) is 22.7 Å². The predicted molar refractivity (Wildman–Crippen MR) is 110 cm³/mol. The molecular weight excluding hydrogens is 401 g/mol. The first kappa shape index (κ1) is 19.9. The molecule has 0 bridgehead atoms. The van der Waals surface area contributed by atoms with E-state index < -0.39 is 5.91 Å². The second-order valence-electron chi connectivity index (χ2n) is 5.93. The molecule has 1 aromatic heterocycles. The number of hydrogen-bond acceptors (Lipinski definition) is 4. The van der Waals surface area contributed by atoms with Gasteiger partial charge in [-0.05, 0) is 55.0 Å². The summed E-state index contributed by atoms with van der Waals surface area (Å²) in [6, 6.07) is 14.4. The summed E-state index contributed by atoms with van der Waals surface area (Å²) in [6.45, 7) is 2.36. The fraction of sp³-hybridized carbons (Fsp3) is 0.150. The summed E-state index contributed by atoms with van der Waals surface area (Å²) >= 11 is 12.0. The monoisotopic (exact) mass is 417 g/mol. The third kappa shape index (κ3) is 4.91. The number of benzene rings is 2. The van der Waals surface area contributed by atoms with Crippen LogP contribution in [0.4, 0.5) is 5.69 Å². The molecule has 1 heterocycles. The summed E-state index contributed by atoms with van der Waals surface area (Å²) in [6.07, 6.45) is 0.728. The van der Waals surface area contributed by atoms with E-state index in [1.165, 1.54) is 16.8 Å². The summed E-state index contributed by atoms with van der Waals surface area (Å²) in [5.41, 5.74) is 0.237. The number of halogens is 2. The Labute approximate surface area is 171 Å². The van der Waals surface area contributed by atoms with Gasteiger partial charge in [0.15, 0.2) is 5.75 Å². The summed E-state index contributed by atoms with van der Waals surface area (Å²) in [4.78, 5) is 24.4. The summed E-state index contributed by atoms with van der Waals surface area (Å²) in [5, 5.41) is 7.86. The second-order valence-corrected chi connectivity index (χ2v) is 6.80. The zero-order valence-corrected chi connectivity index (χ0v) is 16.5. The Hall–Kier alpha value is -2.83. The van der Waals surface area contributed by atoms with Crippen molar-refractivity contribution in [3.63, 3.8) is 0 Å². The van der Waals surface area contributed by atoms with Gasteiger partial charge in [-0.25, -0.2) is 4.68 Å². The van der Waals surface area contributed by atoms with Crippen LogP contribution in [0.1, 0.15) is 23.8 Å². The van der Waals surface area contributed by atoms with E-state index >= 15 is 0 Å². The Balaban J connectivity index is 1.86. The highest BCUT2D eigenvalue weighted by molar-refractivity contribution is 6.31. The Kier molecular flexibility index (Phi) is 6.34. The molecule has 6 nitrogen and oxygen atoms in total. The van der Waals surface area contributed by atoms with Gasteiger partial charge in [0.2, 0.25) is 0 Å².